The first-order valence-corrected chi connectivity index (χ1v) is 8.17. The van der Waals surface area contributed by atoms with Crippen LogP contribution in [0.25, 0.3) is 0 Å². The van der Waals surface area contributed by atoms with Crippen LogP contribution in [0.5, 0.6) is 0 Å². The molecule has 0 amide bonds. The zero-order chi connectivity index (χ0) is 15.3. The predicted molar refractivity (Wildman–Crippen MR) is 81.0 cm³/mol. The molecule has 0 saturated carbocycles. The molecule has 1 aromatic rings. The fourth-order valence-corrected chi connectivity index (χ4v) is 4.02. The van der Waals surface area contributed by atoms with Gasteiger partial charge in [0, 0.05) is 12.6 Å². The smallest absolute Gasteiger partial charge is 0.243 e. The lowest BCUT2D eigenvalue weighted by atomic mass is 10.1. The lowest BCUT2D eigenvalue weighted by Crippen LogP contribution is -2.37. The van der Waals surface area contributed by atoms with Gasteiger partial charge in [-0.3, -0.25) is 0 Å². The fraction of sp³-hybridized carbons (Fsp3) is 0.467. The zero-order valence-corrected chi connectivity index (χ0v) is 13.2. The van der Waals surface area contributed by atoms with Gasteiger partial charge in [-0.1, -0.05) is 25.1 Å². The summed E-state index contributed by atoms with van der Waals surface area (Å²) in [4.78, 5) is 0.280. The number of rotatable bonds is 7. The molecule has 0 aliphatic heterocycles. The number of hydrogen-bond donors (Lipinski definition) is 1. The molecular weight excluding hydrogens is 274 g/mol. The van der Waals surface area contributed by atoms with E-state index in [9.17, 15) is 13.5 Å². The third-order valence-electron chi connectivity index (χ3n) is 3.17. The van der Waals surface area contributed by atoms with E-state index >= 15 is 0 Å². The molecule has 0 aromatic heterocycles. The highest BCUT2D eigenvalue weighted by Crippen LogP contribution is 2.24. The Morgan fingerprint density at radius 1 is 1.40 bits per heavy atom. The second-order valence-electron chi connectivity index (χ2n) is 4.91. The highest BCUT2D eigenvalue weighted by Gasteiger charge is 2.28. The van der Waals surface area contributed by atoms with Crippen LogP contribution in [0, 0.1) is 0 Å². The minimum Gasteiger partial charge on any atom is -0.392 e. The number of aliphatic hydroxyl groups excluding tert-OH is 1. The molecule has 0 spiro atoms. The average molecular weight is 297 g/mol. The average Bonchev–Trinajstić information content (AvgIpc) is 2.43. The van der Waals surface area contributed by atoms with Crippen molar-refractivity contribution in [3.63, 3.8) is 0 Å². The van der Waals surface area contributed by atoms with Crippen molar-refractivity contribution in [1.29, 1.82) is 0 Å². The summed E-state index contributed by atoms with van der Waals surface area (Å²) in [5.41, 5.74) is 1.36. The molecule has 1 N–H and O–H groups in total. The largest absolute Gasteiger partial charge is 0.392 e. The molecule has 4 nitrogen and oxygen atoms in total. The Morgan fingerprint density at radius 2 is 2.05 bits per heavy atom. The van der Waals surface area contributed by atoms with Crippen LogP contribution in [-0.4, -0.2) is 30.4 Å². The molecule has 0 radical (unpaired) electrons. The van der Waals surface area contributed by atoms with Crippen LogP contribution < -0.4 is 0 Å². The van der Waals surface area contributed by atoms with Crippen molar-refractivity contribution in [3.8, 4) is 0 Å². The number of hydrogen-bond acceptors (Lipinski definition) is 3. The number of sulfonamides is 1. The van der Waals surface area contributed by atoms with E-state index in [1.165, 1.54) is 4.31 Å². The van der Waals surface area contributed by atoms with Crippen molar-refractivity contribution < 1.29 is 13.5 Å². The summed E-state index contributed by atoms with van der Waals surface area (Å²) in [6.07, 6.45) is 2.21. The Kier molecular flexibility index (Phi) is 5.92. The number of aliphatic hydroxyl groups is 1. The van der Waals surface area contributed by atoms with Crippen molar-refractivity contribution in [2.75, 3.05) is 6.54 Å². The maximum atomic E-state index is 12.8. The Balaban J connectivity index is 3.42. The third kappa shape index (κ3) is 3.48. The Bertz CT molecular complexity index is 564. The number of nitrogens with zero attached hydrogens (tertiary/aromatic N) is 1. The van der Waals surface area contributed by atoms with Crippen LogP contribution in [0.1, 0.15) is 31.9 Å². The monoisotopic (exact) mass is 297 g/mol. The molecule has 1 rings (SSSR count). The van der Waals surface area contributed by atoms with Crippen molar-refractivity contribution in [3.05, 3.63) is 42.0 Å². The van der Waals surface area contributed by atoms with Crippen LogP contribution in [0.4, 0.5) is 0 Å². The first-order chi connectivity index (χ1) is 9.38. The molecule has 0 saturated heterocycles. The fourth-order valence-electron chi connectivity index (χ4n) is 2.07. The van der Waals surface area contributed by atoms with E-state index < -0.39 is 10.0 Å². The second-order valence-corrected chi connectivity index (χ2v) is 6.77. The van der Waals surface area contributed by atoms with E-state index in [-0.39, 0.29) is 24.1 Å². The first kappa shape index (κ1) is 16.9. The first-order valence-electron chi connectivity index (χ1n) is 6.73. The van der Waals surface area contributed by atoms with Crippen LogP contribution >= 0.6 is 0 Å². The van der Waals surface area contributed by atoms with Gasteiger partial charge in [-0.05, 0) is 37.5 Å². The second kappa shape index (κ2) is 7.02. The molecule has 0 aliphatic rings. The SMILES string of the molecule is C=CCN(C(C)C)S(=O)(=O)c1cc(CO)ccc1CC. The van der Waals surface area contributed by atoms with Gasteiger partial charge in [-0.25, -0.2) is 8.42 Å². The van der Waals surface area contributed by atoms with Gasteiger partial charge in [0.25, 0.3) is 0 Å². The van der Waals surface area contributed by atoms with Crippen LogP contribution in [-0.2, 0) is 23.1 Å². The normalized spacial score (nSPS) is 12.1. The van der Waals surface area contributed by atoms with E-state index in [1.54, 1.807) is 24.3 Å². The van der Waals surface area contributed by atoms with Crippen molar-refractivity contribution >= 4 is 10.0 Å². The van der Waals surface area contributed by atoms with E-state index in [1.807, 2.05) is 20.8 Å². The Morgan fingerprint density at radius 3 is 2.50 bits per heavy atom. The summed E-state index contributed by atoms with van der Waals surface area (Å²) in [5, 5.41) is 9.22. The summed E-state index contributed by atoms with van der Waals surface area (Å²) < 4.78 is 27.0. The number of benzene rings is 1. The topological polar surface area (TPSA) is 57.6 Å². The van der Waals surface area contributed by atoms with Gasteiger partial charge in [-0.2, -0.15) is 4.31 Å². The molecule has 20 heavy (non-hydrogen) atoms. The summed E-state index contributed by atoms with van der Waals surface area (Å²) in [5.74, 6) is 0. The van der Waals surface area contributed by atoms with E-state index in [2.05, 4.69) is 6.58 Å². The molecule has 112 valence electrons. The van der Waals surface area contributed by atoms with Gasteiger partial charge < -0.3 is 5.11 Å². The molecule has 0 heterocycles. The molecule has 0 aliphatic carbocycles. The highest BCUT2D eigenvalue weighted by molar-refractivity contribution is 7.89. The van der Waals surface area contributed by atoms with Gasteiger partial charge >= 0.3 is 0 Å². The van der Waals surface area contributed by atoms with Gasteiger partial charge in [0.15, 0.2) is 0 Å². The Hall–Kier alpha value is -1.17. The minimum atomic E-state index is -3.59. The molecular formula is C15H23NO3S. The molecule has 5 heteroatoms. The van der Waals surface area contributed by atoms with Crippen LogP contribution in [0.2, 0.25) is 0 Å². The van der Waals surface area contributed by atoms with Crippen molar-refractivity contribution in [2.45, 2.75) is 44.7 Å². The van der Waals surface area contributed by atoms with Crippen molar-refractivity contribution in [2.24, 2.45) is 0 Å². The maximum absolute atomic E-state index is 12.8. The summed E-state index contributed by atoms with van der Waals surface area (Å²) >= 11 is 0. The van der Waals surface area contributed by atoms with Gasteiger partial charge in [0.05, 0.1) is 11.5 Å². The standard InChI is InChI=1S/C15H23NO3S/c1-5-9-16(12(3)4)20(18,19)15-10-13(11-17)7-8-14(15)6-2/h5,7-8,10,12,17H,1,6,9,11H2,2-4H3. The summed E-state index contributed by atoms with van der Waals surface area (Å²) in [6.45, 7) is 9.31. The molecule has 0 bridgehead atoms. The van der Waals surface area contributed by atoms with E-state index in [0.717, 1.165) is 5.56 Å². The van der Waals surface area contributed by atoms with E-state index in [0.29, 0.717) is 12.0 Å². The lowest BCUT2D eigenvalue weighted by molar-refractivity contribution is 0.281. The third-order valence-corrected chi connectivity index (χ3v) is 5.29. The van der Waals surface area contributed by atoms with Crippen molar-refractivity contribution in [1.82, 2.24) is 4.31 Å². The predicted octanol–water partition coefficient (Wildman–Crippen LogP) is 2.33. The number of aryl methyl sites for hydroxylation is 1. The summed E-state index contributed by atoms with van der Waals surface area (Å²) in [7, 11) is -3.59. The van der Waals surface area contributed by atoms with Gasteiger partial charge in [-0.15, -0.1) is 6.58 Å². The molecule has 0 unspecified atom stereocenters. The van der Waals surface area contributed by atoms with E-state index in [4.69, 9.17) is 0 Å². The lowest BCUT2D eigenvalue weighted by Gasteiger charge is -2.26. The molecule has 0 fully saturated rings. The highest BCUT2D eigenvalue weighted by atomic mass is 32.2. The Labute approximate surface area is 121 Å². The molecule has 1 aromatic carbocycles. The maximum Gasteiger partial charge on any atom is 0.243 e. The molecule has 0 atom stereocenters. The van der Waals surface area contributed by atoms with Crippen LogP contribution in [0.15, 0.2) is 35.7 Å². The van der Waals surface area contributed by atoms with Crippen LogP contribution in [0.3, 0.4) is 0 Å². The summed E-state index contributed by atoms with van der Waals surface area (Å²) in [6, 6.07) is 4.93. The quantitative estimate of drug-likeness (QED) is 0.786. The van der Waals surface area contributed by atoms with Gasteiger partial charge in [0.1, 0.15) is 0 Å². The van der Waals surface area contributed by atoms with Gasteiger partial charge in [0.2, 0.25) is 10.0 Å². The minimum absolute atomic E-state index is 0.152. The zero-order valence-electron chi connectivity index (χ0n) is 12.3.